The molecule has 1 aliphatic heterocycles. The molecule has 1 aliphatic carbocycles. The van der Waals surface area contributed by atoms with Gasteiger partial charge in [0.2, 0.25) is 0 Å². The molecule has 1 aromatic carbocycles. The molecule has 1 N–H and O–H groups in total. The standard InChI is InChI=1S/C23H26N4OS/c1-26-21-9-8-18(24-14-19-7-4-12-29-19)13-20(21)22(25-26)23(28)27-11-10-16-5-2-3-6-17(16)15-27/h2-7,12,18,24H,8-11,13-15H2,1H3. The molecular formula is C23H26N4OS. The molecule has 3 heterocycles. The number of rotatable bonds is 4. The van der Waals surface area contributed by atoms with E-state index in [1.54, 1.807) is 11.3 Å². The molecule has 29 heavy (non-hydrogen) atoms. The van der Waals surface area contributed by atoms with Crippen molar-refractivity contribution in [2.75, 3.05) is 6.54 Å². The van der Waals surface area contributed by atoms with E-state index in [1.807, 2.05) is 16.6 Å². The normalized spacial score (nSPS) is 18.4. The molecule has 1 atom stereocenters. The van der Waals surface area contributed by atoms with Crippen molar-refractivity contribution >= 4 is 17.2 Å². The Morgan fingerprint density at radius 2 is 2.07 bits per heavy atom. The number of amides is 1. The van der Waals surface area contributed by atoms with Crippen molar-refractivity contribution in [1.82, 2.24) is 20.0 Å². The fourth-order valence-corrected chi connectivity index (χ4v) is 5.27. The highest BCUT2D eigenvalue weighted by atomic mass is 32.1. The van der Waals surface area contributed by atoms with Crippen LogP contribution in [-0.4, -0.2) is 33.2 Å². The van der Waals surface area contributed by atoms with Crippen molar-refractivity contribution in [2.45, 2.75) is 44.8 Å². The number of hydrogen-bond donors (Lipinski definition) is 1. The topological polar surface area (TPSA) is 50.2 Å². The third-order valence-electron chi connectivity index (χ3n) is 6.22. The summed E-state index contributed by atoms with van der Waals surface area (Å²) in [6, 6.07) is 13.1. The molecule has 3 aromatic rings. The predicted octanol–water partition coefficient (Wildman–Crippen LogP) is 3.33. The largest absolute Gasteiger partial charge is 0.333 e. The van der Waals surface area contributed by atoms with Gasteiger partial charge < -0.3 is 10.2 Å². The number of carbonyl (C=O) groups is 1. The number of hydrogen-bond acceptors (Lipinski definition) is 4. The molecule has 0 saturated carbocycles. The van der Waals surface area contributed by atoms with Crippen LogP contribution < -0.4 is 5.32 Å². The maximum Gasteiger partial charge on any atom is 0.274 e. The van der Waals surface area contributed by atoms with Crippen LogP contribution in [0.5, 0.6) is 0 Å². The average molecular weight is 407 g/mol. The van der Waals surface area contributed by atoms with Crippen LogP contribution in [0.25, 0.3) is 0 Å². The van der Waals surface area contributed by atoms with Gasteiger partial charge in [-0.1, -0.05) is 30.3 Å². The SMILES string of the molecule is Cn1nc(C(=O)N2CCc3ccccc3C2)c2c1CCC(NCc1cccs1)C2. The van der Waals surface area contributed by atoms with Crippen LogP contribution in [0.2, 0.25) is 0 Å². The molecule has 0 bridgehead atoms. The van der Waals surface area contributed by atoms with Crippen molar-refractivity contribution in [3.05, 3.63) is 74.7 Å². The average Bonchev–Trinajstić information content (AvgIpc) is 3.39. The minimum absolute atomic E-state index is 0.0789. The Morgan fingerprint density at radius 1 is 1.21 bits per heavy atom. The number of benzene rings is 1. The minimum atomic E-state index is 0.0789. The van der Waals surface area contributed by atoms with Crippen molar-refractivity contribution in [1.29, 1.82) is 0 Å². The summed E-state index contributed by atoms with van der Waals surface area (Å²) < 4.78 is 1.93. The van der Waals surface area contributed by atoms with Gasteiger partial charge >= 0.3 is 0 Å². The number of aromatic nitrogens is 2. The summed E-state index contributed by atoms with van der Waals surface area (Å²) in [5.74, 6) is 0.0789. The van der Waals surface area contributed by atoms with E-state index in [4.69, 9.17) is 0 Å². The molecule has 0 saturated heterocycles. The Morgan fingerprint density at radius 3 is 2.90 bits per heavy atom. The van der Waals surface area contributed by atoms with Crippen LogP contribution in [0.4, 0.5) is 0 Å². The third kappa shape index (κ3) is 3.63. The molecule has 0 spiro atoms. The predicted molar refractivity (Wildman–Crippen MR) is 115 cm³/mol. The molecule has 1 unspecified atom stereocenters. The quantitative estimate of drug-likeness (QED) is 0.723. The number of thiophene rings is 1. The van der Waals surface area contributed by atoms with Crippen LogP contribution >= 0.6 is 11.3 Å². The van der Waals surface area contributed by atoms with Crippen LogP contribution in [0, 0.1) is 0 Å². The number of nitrogens with zero attached hydrogens (tertiary/aromatic N) is 3. The second kappa shape index (κ2) is 7.76. The van der Waals surface area contributed by atoms with Gasteiger partial charge in [-0.2, -0.15) is 5.10 Å². The monoisotopic (exact) mass is 406 g/mol. The minimum Gasteiger partial charge on any atom is -0.333 e. The Labute approximate surface area is 175 Å². The Hall–Kier alpha value is -2.44. The van der Waals surface area contributed by atoms with Gasteiger partial charge in [0, 0.05) is 48.9 Å². The second-order valence-corrected chi connectivity index (χ2v) is 9.08. The number of nitrogens with one attached hydrogen (secondary N) is 1. The fraction of sp³-hybridized carbons (Fsp3) is 0.391. The van der Waals surface area contributed by atoms with Crippen molar-refractivity contribution in [3.8, 4) is 0 Å². The molecule has 150 valence electrons. The molecule has 6 heteroatoms. The Bertz CT molecular complexity index is 1020. The van der Waals surface area contributed by atoms with Gasteiger partial charge in [-0.25, -0.2) is 0 Å². The maximum absolute atomic E-state index is 13.4. The van der Waals surface area contributed by atoms with Gasteiger partial charge in [0.05, 0.1) is 0 Å². The molecular weight excluding hydrogens is 380 g/mol. The summed E-state index contributed by atoms with van der Waals surface area (Å²) in [5.41, 5.74) is 5.64. The molecule has 0 radical (unpaired) electrons. The number of carbonyl (C=O) groups excluding carboxylic acids is 1. The molecule has 0 fully saturated rings. The number of fused-ring (bicyclic) bond motifs is 2. The molecule has 5 rings (SSSR count). The fourth-order valence-electron chi connectivity index (χ4n) is 4.61. The summed E-state index contributed by atoms with van der Waals surface area (Å²) in [6.45, 7) is 2.34. The first-order valence-electron chi connectivity index (χ1n) is 10.4. The Kier molecular flexibility index (Phi) is 4.97. The van der Waals surface area contributed by atoms with Gasteiger partial charge in [-0.15, -0.1) is 11.3 Å². The molecule has 2 aliphatic rings. The zero-order valence-electron chi connectivity index (χ0n) is 16.7. The molecule has 1 amide bonds. The Balaban J connectivity index is 1.33. The van der Waals surface area contributed by atoms with Gasteiger partial charge in [-0.05, 0) is 48.3 Å². The van der Waals surface area contributed by atoms with E-state index in [1.165, 1.54) is 21.7 Å². The van der Waals surface area contributed by atoms with Gasteiger partial charge in [0.1, 0.15) is 0 Å². The highest BCUT2D eigenvalue weighted by Crippen LogP contribution is 2.27. The lowest BCUT2D eigenvalue weighted by molar-refractivity contribution is 0.0726. The third-order valence-corrected chi connectivity index (χ3v) is 7.10. The first-order chi connectivity index (χ1) is 14.2. The smallest absolute Gasteiger partial charge is 0.274 e. The lowest BCUT2D eigenvalue weighted by Crippen LogP contribution is -2.38. The summed E-state index contributed by atoms with van der Waals surface area (Å²) in [5, 5.41) is 10.5. The van der Waals surface area contributed by atoms with Crippen molar-refractivity contribution in [2.24, 2.45) is 7.05 Å². The van der Waals surface area contributed by atoms with E-state index in [2.05, 4.69) is 52.2 Å². The van der Waals surface area contributed by atoms with E-state index in [0.717, 1.165) is 44.3 Å². The zero-order valence-corrected chi connectivity index (χ0v) is 17.5. The van der Waals surface area contributed by atoms with Gasteiger partial charge in [0.15, 0.2) is 5.69 Å². The van der Waals surface area contributed by atoms with Crippen LogP contribution in [0.1, 0.15) is 44.2 Å². The zero-order chi connectivity index (χ0) is 19.8. The lowest BCUT2D eigenvalue weighted by Gasteiger charge is -2.29. The van der Waals surface area contributed by atoms with E-state index < -0.39 is 0 Å². The summed E-state index contributed by atoms with van der Waals surface area (Å²) >= 11 is 1.78. The van der Waals surface area contributed by atoms with Gasteiger partial charge in [-0.3, -0.25) is 9.48 Å². The molecule has 2 aromatic heterocycles. The van der Waals surface area contributed by atoms with E-state index in [9.17, 15) is 4.79 Å². The van der Waals surface area contributed by atoms with E-state index in [-0.39, 0.29) is 5.91 Å². The lowest BCUT2D eigenvalue weighted by atomic mass is 9.90. The highest BCUT2D eigenvalue weighted by Gasteiger charge is 2.31. The summed E-state index contributed by atoms with van der Waals surface area (Å²) in [7, 11) is 1.97. The van der Waals surface area contributed by atoms with E-state index >= 15 is 0 Å². The molecule has 5 nitrogen and oxygen atoms in total. The van der Waals surface area contributed by atoms with Crippen molar-refractivity contribution in [3.63, 3.8) is 0 Å². The van der Waals surface area contributed by atoms with Crippen molar-refractivity contribution < 1.29 is 4.79 Å². The van der Waals surface area contributed by atoms with Gasteiger partial charge in [0.25, 0.3) is 5.91 Å². The van der Waals surface area contributed by atoms with Crippen LogP contribution in [-0.2, 0) is 39.4 Å². The van der Waals surface area contributed by atoms with Crippen LogP contribution in [0.3, 0.4) is 0 Å². The first-order valence-corrected chi connectivity index (χ1v) is 11.2. The highest BCUT2D eigenvalue weighted by molar-refractivity contribution is 7.09. The first kappa shape index (κ1) is 18.6. The summed E-state index contributed by atoms with van der Waals surface area (Å²) in [4.78, 5) is 16.7. The maximum atomic E-state index is 13.4. The van der Waals surface area contributed by atoms with Crippen LogP contribution in [0.15, 0.2) is 41.8 Å². The van der Waals surface area contributed by atoms with E-state index in [0.29, 0.717) is 18.3 Å². The second-order valence-electron chi connectivity index (χ2n) is 8.04. The summed E-state index contributed by atoms with van der Waals surface area (Å²) in [6.07, 6.45) is 3.85. The number of aryl methyl sites for hydroxylation is 1.